The van der Waals surface area contributed by atoms with E-state index in [1.165, 1.54) is 0 Å². The summed E-state index contributed by atoms with van der Waals surface area (Å²) in [7, 11) is 1.59. The van der Waals surface area contributed by atoms with Gasteiger partial charge in [-0.05, 0) is 67.6 Å². The third kappa shape index (κ3) is 3.58. The van der Waals surface area contributed by atoms with E-state index in [1.807, 2.05) is 12.1 Å². The van der Waals surface area contributed by atoms with E-state index >= 15 is 0 Å². The Morgan fingerprint density at radius 2 is 1.86 bits per heavy atom. The van der Waals surface area contributed by atoms with Gasteiger partial charge in [0.25, 0.3) is 11.5 Å². The Morgan fingerprint density at radius 1 is 1.11 bits per heavy atom. The van der Waals surface area contributed by atoms with Crippen molar-refractivity contribution in [2.75, 3.05) is 7.11 Å². The van der Waals surface area contributed by atoms with Gasteiger partial charge in [0, 0.05) is 22.9 Å². The number of hydrogen-bond acceptors (Lipinski definition) is 4. The van der Waals surface area contributed by atoms with Crippen LogP contribution >= 0.6 is 0 Å². The van der Waals surface area contributed by atoms with Gasteiger partial charge in [0.05, 0.1) is 13.7 Å². The van der Waals surface area contributed by atoms with E-state index < -0.39 is 0 Å². The highest BCUT2D eigenvalue weighted by Crippen LogP contribution is 2.30. The van der Waals surface area contributed by atoms with Gasteiger partial charge in [-0.3, -0.25) is 9.59 Å². The lowest BCUT2D eigenvalue weighted by molar-refractivity contribution is 0.0948. The van der Waals surface area contributed by atoms with Crippen molar-refractivity contribution >= 4 is 5.91 Å². The molecule has 144 valence electrons. The average molecular weight is 378 g/mol. The molecule has 0 atom stereocenters. The zero-order chi connectivity index (χ0) is 19.5. The Bertz CT molecular complexity index is 1050. The van der Waals surface area contributed by atoms with Crippen molar-refractivity contribution in [2.24, 2.45) is 0 Å². The summed E-state index contributed by atoms with van der Waals surface area (Å²) < 4.78 is 11.0. The maximum atomic E-state index is 12.3. The minimum Gasteiger partial charge on any atom is -0.497 e. The molecule has 1 amide bonds. The van der Waals surface area contributed by atoms with Crippen LogP contribution in [0.3, 0.4) is 0 Å². The molecule has 2 heterocycles. The zero-order valence-electron chi connectivity index (χ0n) is 15.7. The molecule has 6 heteroatoms. The Balaban J connectivity index is 1.48. The van der Waals surface area contributed by atoms with Crippen LogP contribution in [0.15, 0.2) is 51.8 Å². The first-order valence-corrected chi connectivity index (χ1v) is 9.40. The molecule has 4 rings (SSSR count). The second-order valence-corrected chi connectivity index (χ2v) is 6.87. The fourth-order valence-corrected chi connectivity index (χ4v) is 3.61. The van der Waals surface area contributed by atoms with Crippen LogP contribution in [-0.4, -0.2) is 18.0 Å². The predicted octanol–water partition coefficient (Wildman–Crippen LogP) is 3.45. The number of aromatic nitrogens is 1. The van der Waals surface area contributed by atoms with E-state index in [2.05, 4.69) is 10.3 Å². The fraction of sp³-hybridized carbons (Fsp3) is 0.273. The topological polar surface area (TPSA) is 84.3 Å². The number of furan rings is 1. The molecule has 6 nitrogen and oxygen atoms in total. The minimum absolute atomic E-state index is 0.00279. The zero-order valence-corrected chi connectivity index (χ0v) is 15.7. The maximum Gasteiger partial charge on any atom is 0.251 e. The highest BCUT2D eigenvalue weighted by Gasteiger charge is 2.19. The van der Waals surface area contributed by atoms with Crippen LogP contribution in [-0.2, 0) is 19.4 Å². The summed E-state index contributed by atoms with van der Waals surface area (Å²) in [5.41, 5.74) is 3.44. The first-order valence-electron chi connectivity index (χ1n) is 9.40. The summed E-state index contributed by atoms with van der Waals surface area (Å²) in [5.74, 6) is 1.90. The van der Waals surface area contributed by atoms with Crippen LogP contribution in [0, 0.1) is 0 Å². The first kappa shape index (κ1) is 18.1. The van der Waals surface area contributed by atoms with Crippen molar-refractivity contribution in [3.05, 3.63) is 75.4 Å². The number of carbonyl (C=O) groups is 1. The predicted molar refractivity (Wildman–Crippen MR) is 106 cm³/mol. The maximum absolute atomic E-state index is 12.3. The normalized spacial score (nSPS) is 13.0. The molecule has 3 aromatic rings. The number of benzene rings is 1. The Hall–Kier alpha value is -3.28. The highest BCUT2D eigenvalue weighted by atomic mass is 16.5. The Morgan fingerprint density at radius 3 is 2.61 bits per heavy atom. The van der Waals surface area contributed by atoms with Crippen molar-refractivity contribution < 1.29 is 13.9 Å². The summed E-state index contributed by atoms with van der Waals surface area (Å²) in [4.78, 5) is 27.2. The van der Waals surface area contributed by atoms with Crippen LogP contribution in [0.2, 0.25) is 0 Å². The molecule has 2 N–H and O–H groups in total. The molecule has 0 radical (unpaired) electrons. The number of aromatic amines is 1. The number of hydrogen-bond donors (Lipinski definition) is 2. The van der Waals surface area contributed by atoms with Crippen molar-refractivity contribution in [3.63, 3.8) is 0 Å². The number of amides is 1. The molecule has 1 aliphatic rings. The molecule has 0 fully saturated rings. The van der Waals surface area contributed by atoms with Gasteiger partial charge in [0.1, 0.15) is 17.3 Å². The van der Waals surface area contributed by atoms with Gasteiger partial charge in [-0.2, -0.15) is 0 Å². The smallest absolute Gasteiger partial charge is 0.251 e. The number of nitrogens with one attached hydrogen (secondary N) is 2. The second kappa shape index (κ2) is 7.76. The van der Waals surface area contributed by atoms with E-state index in [-0.39, 0.29) is 18.0 Å². The lowest BCUT2D eigenvalue weighted by Gasteiger charge is -2.17. The third-order valence-electron chi connectivity index (χ3n) is 5.12. The number of pyridine rings is 1. The van der Waals surface area contributed by atoms with Crippen molar-refractivity contribution in [1.29, 1.82) is 0 Å². The number of methoxy groups -OCH3 is 1. The highest BCUT2D eigenvalue weighted by molar-refractivity contribution is 5.94. The first-order chi connectivity index (χ1) is 13.7. The minimum atomic E-state index is -0.179. The van der Waals surface area contributed by atoms with Crippen molar-refractivity contribution in [1.82, 2.24) is 10.3 Å². The molecular formula is C22H22N2O4. The van der Waals surface area contributed by atoms with E-state index in [1.54, 1.807) is 37.6 Å². The molecule has 0 unspecified atom stereocenters. The van der Waals surface area contributed by atoms with Crippen LogP contribution < -0.4 is 15.6 Å². The van der Waals surface area contributed by atoms with Gasteiger partial charge in [-0.25, -0.2) is 0 Å². The van der Waals surface area contributed by atoms with Gasteiger partial charge >= 0.3 is 0 Å². The number of H-pyrrole nitrogens is 1. The molecule has 28 heavy (non-hydrogen) atoms. The Kier molecular flexibility index (Phi) is 5.02. The molecule has 0 saturated heterocycles. The Labute approximate surface area is 162 Å². The summed E-state index contributed by atoms with van der Waals surface area (Å²) in [6.07, 6.45) is 5.54. The van der Waals surface area contributed by atoms with E-state index in [4.69, 9.17) is 9.15 Å². The van der Waals surface area contributed by atoms with E-state index in [0.717, 1.165) is 42.4 Å². The SMILES string of the molecule is COc1ccc(C(=O)NCc2ccc(-c3c[nH]c(=O)c4c3CCCC4)o2)cc1. The number of fused-ring (bicyclic) bond motifs is 1. The molecule has 1 aliphatic carbocycles. The second-order valence-electron chi connectivity index (χ2n) is 6.87. The van der Waals surface area contributed by atoms with Crippen LogP contribution in [0.4, 0.5) is 0 Å². The van der Waals surface area contributed by atoms with E-state index in [9.17, 15) is 9.59 Å². The molecule has 0 aliphatic heterocycles. The largest absolute Gasteiger partial charge is 0.497 e. The van der Waals surface area contributed by atoms with Gasteiger partial charge in [0.15, 0.2) is 0 Å². The fourth-order valence-electron chi connectivity index (χ4n) is 3.61. The molecule has 1 aromatic carbocycles. The van der Waals surface area contributed by atoms with Gasteiger partial charge in [0.2, 0.25) is 0 Å². The van der Waals surface area contributed by atoms with Gasteiger partial charge < -0.3 is 19.5 Å². The molecular weight excluding hydrogens is 356 g/mol. The number of rotatable bonds is 5. The standard InChI is InChI=1S/C22H22N2O4/c1-27-15-8-6-14(7-9-15)21(25)23-12-16-10-11-20(28-16)19-13-24-22(26)18-5-3-2-4-17(18)19/h6-11,13H,2-5,12H2,1H3,(H,23,25)(H,24,26). The van der Waals surface area contributed by atoms with Crippen LogP contribution in [0.1, 0.15) is 40.1 Å². The van der Waals surface area contributed by atoms with E-state index in [0.29, 0.717) is 22.8 Å². The summed E-state index contributed by atoms with van der Waals surface area (Å²) in [5, 5.41) is 2.86. The lowest BCUT2D eigenvalue weighted by atomic mass is 9.89. The molecule has 0 spiro atoms. The van der Waals surface area contributed by atoms with Gasteiger partial charge in [-0.15, -0.1) is 0 Å². The van der Waals surface area contributed by atoms with Gasteiger partial charge in [-0.1, -0.05) is 0 Å². The quantitative estimate of drug-likeness (QED) is 0.712. The third-order valence-corrected chi connectivity index (χ3v) is 5.12. The summed E-state index contributed by atoms with van der Waals surface area (Å²) >= 11 is 0. The number of ether oxygens (including phenoxy) is 1. The lowest BCUT2D eigenvalue weighted by Crippen LogP contribution is -2.22. The average Bonchev–Trinajstić information content (AvgIpc) is 3.21. The van der Waals surface area contributed by atoms with Crippen molar-refractivity contribution in [2.45, 2.75) is 32.2 Å². The summed E-state index contributed by atoms with van der Waals surface area (Å²) in [6, 6.07) is 10.7. The van der Waals surface area contributed by atoms with Crippen LogP contribution in [0.25, 0.3) is 11.3 Å². The molecule has 2 aromatic heterocycles. The molecule has 0 saturated carbocycles. The molecule has 0 bridgehead atoms. The number of carbonyl (C=O) groups excluding carboxylic acids is 1. The van der Waals surface area contributed by atoms with Crippen LogP contribution in [0.5, 0.6) is 5.75 Å². The monoisotopic (exact) mass is 378 g/mol. The van der Waals surface area contributed by atoms with Crippen molar-refractivity contribution in [3.8, 4) is 17.1 Å². The summed E-state index contributed by atoms with van der Waals surface area (Å²) in [6.45, 7) is 0.288.